The molecule has 4 rings (SSSR count). The molecule has 1 fully saturated rings. The number of furan rings is 1. The summed E-state index contributed by atoms with van der Waals surface area (Å²) < 4.78 is 47.5. The quantitative estimate of drug-likeness (QED) is 0.617. The summed E-state index contributed by atoms with van der Waals surface area (Å²) in [5.41, 5.74) is 0.520. The van der Waals surface area contributed by atoms with Crippen LogP contribution in [-0.2, 0) is 4.79 Å². The Bertz CT molecular complexity index is 1080. The van der Waals surface area contributed by atoms with E-state index in [2.05, 4.69) is 10.3 Å². The van der Waals surface area contributed by atoms with E-state index in [1.807, 2.05) is 0 Å². The van der Waals surface area contributed by atoms with Crippen molar-refractivity contribution in [2.24, 2.45) is 0 Å². The maximum atomic E-state index is 12.9. The van der Waals surface area contributed by atoms with Gasteiger partial charge in [-0.3, -0.25) is 9.59 Å². The van der Waals surface area contributed by atoms with Gasteiger partial charge in [-0.2, -0.15) is 13.2 Å². The molecule has 31 heavy (non-hydrogen) atoms. The summed E-state index contributed by atoms with van der Waals surface area (Å²) in [5, 5.41) is 3.03. The number of hydrogen-bond acceptors (Lipinski definition) is 6. The van der Waals surface area contributed by atoms with Gasteiger partial charge in [0.2, 0.25) is 5.91 Å². The van der Waals surface area contributed by atoms with E-state index in [-0.39, 0.29) is 23.3 Å². The number of fused-ring (bicyclic) bond motifs is 1. The summed E-state index contributed by atoms with van der Waals surface area (Å²) in [7, 11) is 0. The van der Waals surface area contributed by atoms with Gasteiger partial charge >= 0.3 is 6.18 Å². The van der Waals surface area contributed by atoms with Crippen molar-refractivity contribution in [1.82, 2.24) is 9.88 Å². The first-order valence-electron chi connectivity index (χ1n) is 9.56. The van der Waals surface area contributed by atoms with Crippen LogP contribution in [0.25, 0.3) is 10.2 Å². The Morgan fingerprint density at radius 3 is 2.87 bits per heavy atom. The van der Waals surface area contributed by atoms with E-state index in [0.29, 0.717) is 28.3 Å². The van der Waals surface area contributed by atoms with Gasteiger partial charge in [0, 0.05) is 6.54 Å². The van der Waals surface area contributed by atoms with Gasteiger partial charge in [0.25, 0.3) is 5.91 Å². The lowest BCUT2D eigenvalue weighted by Crippen LogP contribution is -2.49. The van der Waals surface area contributed by atoms with Crippen LogP contribution in [0.3, 0.4) is 0 Å². The maximum Gasteiger partial charge on any atom is 0.422 e. The van der Waals surface area contributed by atoms with E-state index in [1.165, 1.54) is 29.4 Å². The Balaban J connectivity index is 1.47. The number of halogens is 3. The normalized spacial score (nSPS) is 17.0. The molecular formula is C20H18F3N3O4S. The number of piperidine rings is 1. The van der Waals surface area contributed by atoms with Crippen LogP contribution in [0.15, 0.2) is 41.0 Å². The molecule has 3 aromatic rings. The molecule has 2 aromatic heterocycles. The van der Waals surface area contributed by atoms with Gasteiger partial charge in [-0.05, 0) is 49.6 Å². The number of likely N-dealkylation sites (tertiary alicyclic amines) is 1. The van der Waals surface area contributed by atoms with Crippen LogP contribution in [0.1, 0.15) is 29.8 Å². The largest absolute Gasteiger partial charge is 0.484 e. The predicted molar refractivity (Wildman–Crippen MR) is 107 cm³/mol. The molecule has 0 saturated carbocycles. The number of nitrogens with one attached hydrogen (secondary N) is 1. The predicted octanol–water partition coefficient (Wildman–Crippen LogP) is 4.46. The molecule has 11 heteroatoms. The molecule has 1 aliphatic rings. The summed E-state index contributed by atoms with van der Waals surface area (Å²) in [6, 6.07) is 6.87. The Morgan fingerprint density at radius 1 is 1.29 bits per heavy atom. The highest BCUT2D eigenvalue weighted by atomic mass is 32.1. The number of hydrogen-bond donors (Lipinski definition) is 1. The topological polar surface area (TPSA) is 84.7 Å². The van der Waals surface area contributed by atoms with E-state index in [4.69, 9.17) is 9.15 Å². The molecule has 0 spiro atoms. The molecule has 1 atom stereocenters. The molecule has 1 saturated heterocycles. The fourth-order valence-corrected chi connectivity index (χ4v) is 4.29. The molecule has 0 bridgehead atoms. The monoisotopic (exact) mass is 453 g/mol. The maximum absolute atomic E-state index is 12.9. The van der Waals surface area contributed by atoms with Crippen LogP contribution in [-0.4, -0.2) is 47.1 Å². The summed E-state index contributed by atoms with van der Waals surface area (Å²) in [6.07, 6.45) is -0.919. The highest BCUT2D eigenvalue weighted by molar-refractivity contribution is 7.22. The third-order valence-electron chi connectivity index (χ3n) is 4.79. The molecule has 1 aromatic carbocycles. The minimum Gasteiger partial charge on any atom is -0.484 e. The van der Waals surface area contributed by atoms with Crippen LogP contribution >= 0.6 is 11.3 Å². The molecule has 1 unspecified atom stereocenters. The van der Waals surface area contributed by atoms with Crippen molar-refractivity contribution in [2.75, 3.05) is 18.5 Å². The number of benzene rings is 1. The number of ether oxygens (including phenoxy) is 1. The number of carbonyl (C=O) groups excluding carboxylic acids is 2. The number of nitrogens with zero attached hydrogens (tertiary/aromatic N) is 2. The van der Waals surface area contributed by atoms with Crippen LogP contribution in [0, 0.1) is 0 Å². The lowest BCUT2D eigenvalue weighted by Gasteiger charge is -2.33. The minimum atomic E-state index is -4.43. The van der Waals surface area contributed by atoms with E-state index in [1.54, 1.807) is 12.1 Å². The second-order valence-electron chi connectivity index (χ2n) is 7.03. The Kier molecular flexibility index (Phi) is 5.86. The third kappa shape index (κ3) is 4.98. The van der Waals surface area contributed by atoms with Crippen LogP contribution in [0.2, 0.25) is 0 Å². The summed E-state index contributed by atoms with van der Waals surface area (Å²) in [6.45, 7) is -0.945. The second-order valence-corrected chi connectivity index (χ2v) is 8.06. The summed E-state index contributed by atoms with van der Waals surface area (Å²) in [4.78, 5) is 31.4. The third-order valence-corrected chi connectivity index (χ3v) is 5.72. The van der Waals surface area contributed by atoms with E-state index >= 15 is 0 Å². The average molecular weight is 453 g/mol. The number of carbonyl (C=O) groups is 2. The first kappa shape index (κ1) is 21.2. The van der Waals surface area contributed by atoms with Crippen molar-refractivity contribution in [3.05, 3.63) is 42.4 Å². The Hall–Kier alpha value is -3.08. The van der Waals surface area contributed by atoms with Crippen molar-refractivity contribution in [3.63, 3.8) is 0 Å². The molecule has 3 heterocycles. The molecule has 164 valence electrons. The Labute approximate surface area is 178 Å². The van der Waals surface area contributed by atoms with Crippen molar-refractivity contribution >= 4 is 38.5 Å². The van der Waals surface area contributed by atoms with E-state index < -0.39 is 18.8 Å². The average Bonchev–Trinajstić information content (AvgIpc) is 3.40. The van der Waals surface area contributed by atoms with Gasteiger partial charge < -0.3 is 19.4 Å². The molecule has 1 aliphatic heterocycles. The highest BCUT2D eigenvalue weighted by Crippen LogP contribution is 2.31. The lowest BCUT2D eigenvalue weighted by molar-refractivity contribution is -0.153. The zero-order valence-corrected chi connectivity index (χ0v) is 17.0. The number of amides is 2. The number of anilines is 1. The summed E-state index contributed by atoms with van der Waals surface area (Å²) >= 11 is 1.12. The number of thiazole rings is 1. The van der Waals surface area contributed by atoms with Crippen LogP contribution in [0.4, 0.5) is 18.3 Å². The van der Waals surface area contributed by atoms with E-state index in [9.17, 15) is 22.8 Å². The van der Waals surface area contributed by atoms with Gasteiger partial charge in [-0.25, -0.2) is 4.98 Å². The van der Waals surface area contributed by atoms with Crippen molar-refractivity contribution < 1.29 is 31.9 Å². The smallest absolute Gasteiger partial charge is 0.422 e. The van der Waals surface area contributed by atoms with Gasteiger partial charge in [-0.15, -0.1) is 0 Å². The molecule has 0 aliphatic carbocycles. The fraction of sp³-hybridized carbons (Fsp3) is 0.350. The molecular weight excluding hydrogens is 435 g/mol. The van der Waals surface area contributed by atoms with Gasteiger partial charge in [0.05, 0.1) is 16.5 Å². The fourth-order valence-electron chi connectivity index (χ4n) is 3.39. The SMILES string of the molecule is O=C(Nc1nc2ccc(OCC(F)(F)F)cc2s1)C1CCCCN1C(=O)c1ccco1. The van der Waals surface area contributed by atoms with Gasteiger partial charge in [-0.1, -0.05) is 11.3 Å². The highest BCUT2D eigenvalue weighted by Gasteiger charge is 2.34. The van der Waals surface area contributed by atoms with Crippen LogP contribution < -0.4 is 10.1 Å². The molecule has 1 N–H and O–H groups in total. The number of rotatable bonds is 5. The van der Waals surface area contributed by atoms with Crippen LogP contribution in [0.5, 0.6) is 5.75 Å². The van der Waals surface area contributed by atoms with Gasteiger partial charge in [0.1, 0.15) is 11.8 Å². The van der Waals surface area contributed by atoms with Gasteiger partial charge in [0.15, 0.2) is 17.5 Å². The lowest BCUT2D eigenvalue weighted by atomic mass is 10.0. The Morgan fingerprint density at radius 2 is 2.13 bits per heavy atom. The molecule has 7 nitrogen and oxygen atoms in total. The second kappa shape index (κ2) is 8.58. The number of alkyl halides is 3. The standard InChI is InChI=1S/C20H18F3N3O4S/c21-20(22,23)11-30-12-6-7-13-16(10-12)31-19(24-13)25-17(27)14-4-1-2-8-26(14)18(28)15-5-3-9-29-15/h3,5-7,9-10,14H,1-2,4,8,11H2,(H,24,25,27). The van der Waals surface area contributed by atoms with Crippen molar-refractivity contribution in [1.29, 1.82) is 0 Å². The van der Waals surface area contributed by atoms with E-state index in [0.717, 1.165) is 24.2 Å². The first-order valence-corrected chi connectivity index (χ1v) is 10.4. The first-order chi connectivity index (χ1) is 14.8. The minimum absolute atomic E-state index is 0.0638. The zero-order valence-electron chi connectivity index (χ0n) is 16.1. The summed E-state index contributed by atoms with van der Waals surface area (Å²) in [5.74, 6) is -0.479. The zero-order chi connectivity index (χ0) is 22.0. The van der Waals surface area contributed by atoms with Crippen molar-refractivity contribution in [2.45, 2.75) is 31.5 Å². The molecule has 0 radical (unpaired) electrons. The number of aromatic nitrogens is 1. The molecule has 2 amide bonds. The van der Waals surface area contributed by atoms with Crippen molar-refractivity contribution in [3.8, 4) is 5.75 Å².